The summed E-state index contributed by atoms with van der Waals surface area (Å²) in [5.41, 5.74) is 1.82. The van der Waals surface area contributed by atoms with Crippen LogP contribution < -0.4 is 20.1 Å². The number of aromatic nitrogens is 2. The lowest BCUT2D eigenvalue weighted by molar-refractivity contribution is 0.405. The van der Waals surface area contributed by atoms with Crippen molar-refractivity contribution in [1.29, 1.82) is 0 Å². The zero-order valence-electron chi connectivity index (χ0n) is 12.0. The second-order valence-electron chi connectivity index (χ2n) is 4.27. The van der Waals surface area contributed by atoms with Crippen molar-refractivity contribution in [1.82, 2.24) is 15.3 Å². The van der Waals surface area contributed by atoms with Crippen LogP contribution >= 0.6 is 12.2 Å². The van der Waals surface area contributed by atoms with Gasteiger partial charge in [-0.15, -0.1) is 0 Å². The van der Waals surface area contributed by atoms with E-state index in [0.717, 1.165) is 23.6 Å². The highest BCUT2D eigenvalue weighted by atomic mass is 32.1. The third-order valence-electron chi connectivity index (χ3n) is 2.89. The van der Waals surface area contributed by atoms with E-state index in [4.69, 9.17) is 21.7 Å². The van der Waals surface area contributed by atoms with E-state index in [0.29, 0.717) is 17.4 Å². The van der Waals surface area contributed by atoms with Gasteiger partial charge in [-0.25, -0.2) is 4.98 Å². The lowest BCUT2D eigenvalue weighted by Gasteiger charge is -2.14. The molecule has 0 spiro atoms. The molecule has 0 radical (unpaired) electrons. The van der Waals surface area contributed by atoms with Crippen molar-refractivity contribution in [2.45, 2.75) is 6.42 Å². The smallest absolute Gasteiger partial charge is 0.170 e. The van der Waals surface area contributed by atoms with Crippen LogP contribution in [0.4, 0.5) is 5.69 Å². The fraction of sp³-hybridized carbons (Fsp3) is 0.286. The van der Waals surface area contributed by atoms with Gasteiger partial charge in [0.2, 0.25) is 0 Å². The second-order valence-corrected chi connectivity index (χ2v) is 4.68. The number of rotatable bonds is 6. The molecule has 2 rings (SSSR count). The summed E-state index contributed by atoms with van der Waals surface area (Å²) < 4.78 is 10.5. The zero-order valence-corrected chi connectivity index (χ0v) is 12.8. The van der Waals surface area contributed by atoms with E-state index < -0.39 is 0 Å². The first kappa shape index (κ1) is 15.1. The van der Waals surface area contributed by atoms with Crippen molar-refractivity contribution in [3.05, 3.63) is 36.4 Å². The number of aromatic amines is 1. The Balaban J connectivity index is 1.89. The maximum absolute atomic E-state index is 5.29. The molecule has 0 amide bonds. The molecule has 0 saturated heterocycles. The first-order chi connectivity index (χ1) is 10.2. The third-order valence-corrected chi connectivity index (χ3v) is 3.14. The van der Waals surface area contributed by atoms with Gasteiger partial charge in [0.25, 0.3) is 0 Å². The summed E-state index contributed by atoms with van der Waals surface area (Å²) in [6, 6.07) is 5.49. The van der Waals surface area contributed by atoms with Gasteiger partial charge in [-0.3, -0.25) is 0 Å². The Morgan fingerprint density at radius 2 is 2.19 bits per heavy atom. The normalized spacial score (nSPS) is 10.0. The standard InChI is InChI=1S/C14H18N4O2S/c1-19-11-3-4-13(20-2)12(7-11)18-14(21)16-6-5-10-8-15-9-17-10/h3-4,7-9H,5-6H2,1-2H3,(H,15,17)(H2,16,18,21). The van der Waals surface area contributed by atoms with Crippen molar-refractivity contribution >= 4 is 23.0 Å². The van der Waals surface area contributed by atoms with E-state index in [-0.39, 0.29) is 0 Å². The van der Waals surface area contributed by atoms with Gasteiger partial charge in [-0.05, 0) is 24.4 Å². The highest BCUT2D eigenvalue weighted by molar-refractivity contribution is 7.80. The predicted octanol–water partition coefficient (Wildman–Crippen LogP) is 1.96. The molecule has 0 aliphatic rings. The topological polar surface area (TPSA) is 71.2 Å². The second kappa shape index (κ2) is 7.49. The molecule has 0 bridgehead atoms. The highest BCUT2D eigenvalue weighted by Gasteiger charge is 2.06. The average Bonchev–Trinajstić information content (AvgIpc) is 3.00. The lowest BCUT2D eigenvalue weighted by atomic mass is 10.2. The van der Waals surface area contributed by atoms with Crippen LogP contribution in [-0.2, 0) is 6.42 Å². The maximum atomic E-state index is 5.29. The van der Waals surface area contributed by atoms with Gasteiger partial charge >= 0.3 is 0 Å². The number of anilines is 1. The molecule has 112 valence electrons. The van der Waals surface area contributed by atoms with Gasteiger partial charge in [0.15, 0.2) is 5.11 Å². The minimum absolute atomic E-state index is 0.529. The molecule has 6 nitrogen and oxygen atoms in total. The number of nitrogens with zero attached hydrogens (tertiary/aromatic N) is 1. The Bertz CT molecular complexity index is 587. The summed E-state index contributed by atoms with van der Waals surface area (Å²) in [7, 11) is 3.23. The highest BCUT2D eigenvalue weighted by Crippen LogP contribution is 2.28. The van der Waals surface area contributed by atoms with E-state index in [1.807, 2.05) is 18.2 Å². The number of nitrogens with one attached hydrogen (secondary N) is 3. The first-order valence-electron chi connectivity index (χ1n) is 6.47. The van der Waals surface area contributed by atoms with E-state index in [9.17, 15) is 0 Å². The Labute approximate surface area is 128 Å². The summed E-state index contributed by atoms with van der Waals surface area (Å²) >= 11 is 5.27. The first-order valence-corrected chi connectivity index (χ1v) is 6.88. The Hall–Kier alpha value is -2.28. The number of thiocarbonyl (C=S) groups is 1. The molecule has 21 heavy (non-hydrogen) atoms. The number of benzene rings is 1. The molecule has 3 N–H and O–H groups in total. The maximum Gasteiger partial charge on any atom is 0.170 e. The van der Waals surface area contributed by atoms with Gasteiger partial charge in [0.05, 0.1) is 26.2 Å². The third kappa shape index (κ3) is 4.35. The number of imidazole rings is 1. The number of hydrogen-bond acceptors (Lipinski definition) is 4. The van der Waals surface area contributed by atoms with Crippen molar-refractivity contribution in [2.75, 3.05) is 26.1 Å². The molecule has 1 aromatic carbocycles. The van der Waals surface area contributed by atoms with Crippen molar-refractivity contribution in [2.24, 2.45) is 0 Å². The monoisotopic (exact) mass is 306 g/mol. The van der Waals surface area contributed by atoms with Gasteiger partial charge in [0.1, 0.15) is 11.5 Å². The number of ether oxygens (including phenoxy) is 2. The SMILES string of the molecule is COc1ccc(OC)c(NC(=S)NCCc2cnc[nH]2)c1. The summed E-state index contributed by atoms with van der Waals surface area (Å²) in [6.07, 6.45) is 4.27. The fourth-order valence-corrected chi connectivity index (χ4v) is 2.02. The summed E-state index contributed by atoms with van der Waals surface area (Å²) in [5.74, 6) is 1.44. The van der Waals surface area contributed by atoms with Crippen LogP contribution in [-0.4, -0.2) is 35.8 Å². The van der Waals surface area contributed by atoms with Crippen LogP contribution in [0.1, 0.15) is 5.69 Å². The molecule has 1 aromatic heterocycles. The van der Waals surface area contributed by atoms with Gasteiger partial charge in [0, 0.05) is 30.9 Å². The molecule has 2 aromatic rings. The molecule has 1 heterocycles. The molecule has 0 aliphatic carbocycles. The average molecular weight is 306 g/mol. The van der Waals surface area contributed by atoms with E-state index in [2.05, 4.69) is 20.6 Å². The number of hydrogen-bond donors (Lipinski definition) is 3. The van der Waals surface area contributed by atoms with Crippen molar-refractivity contribution in [3.8, 4) is 11.5 Å². The number of H-pyrrole nitrogens is 1. The minimum Gasteiger partial charge on any atom is -0.497 e. The summed E-state index contributed by atoms with van der Waals surface area (Å²) in [4.78, 5) is 7.01. The van der Waals surface area contributed by atoms with E-state index in [1.54, 1.807) is 26.7 Å². The van der Waals surface area contributed by atoms with Crippen molar-refractivity contribution in [3.63, 3.8) is 0 Å². The largest absolute Gasteiger partial charge is 0.497 e. The van der Waals surface area contributed by atoms with Crippen molar-refractivity contribution < 1.29 is 9.47 Å². The molecule has 7 heteroatoms. The van der Waals surface area contributed by atoms with E-state index in [1.165, 1.54) is 0 Å². The van der Waals surface area contributed by atoms with Gasteiger partial charge in [-0.2, -0.15) is 0 Å². The van der Waals surface area contributed by atoms with Crippen LogP contribution in [0.3, 0.4) is 0 Å². The molecule has 0 atom stereocenters. The minimum atomic E-state index is 0.529. The molecule has 0 aliphatic heterocycles. The lowest BCUT2D eigenvalue weighted by Crippen LogP contribution is -2.30. The molecular weight excluding hydrogens is 288 g/mol. The summed E-state index contributed by atoms with van der Waals surface area (Å²) in [5, 5.41) is 6.77. The number of methoxy groups -OCH3 is 2. The van der Waals surface area contributed by atoms with Gasteiger partial charge in [-0.1, -0.05) is 0 Å². The van der Waals surface area contributed by atoms with Crippen LogP contribution in [0.25, 0.3) is 0 Å². The van der Waals surface area contributed by atoms with Crippen LogP contribution in [0.15, 0.2) is 30.7 Å². The molecule has 0 saturated carbocycles. The Morgan fingerprint density at radius 1 is 1.33 bits per heavy atom. The quantitative estimate of drug-likeness (QED) is 0.709. The molecule has 0 fully saturated rings. The van der Waals surface area contributed by atoms with Crippen LogP contribution in [0, 0.1) is 0 Å². The molecular formula is C14H18N4O2S. The molecule has 0 unspecified atom stereocenters. The Kier molecular flexibility index (Phi) is 5.39. The fourth-order valence-electron chi connectivity index (χ4n) is 1.81. The predicted molar refractivity (Wildman–Crippen MR) is 86.1 cm³/mol. The summed E-state index contributed by atoms with van der Waals surface area (Å²) in [6.45, 7) is 0.709. The van der Waals surface area contributed by atoms with E-state index >= 15 is 0 Å². The zero-order chi connectivity index (χ0) is 15.1. The van der Waals surface area contributed by atoms with Gasteiger partial charge < -0.3 is 25.1 Å². The van der Waals surface area contributed by atoms with Crippen LogP contribution in [0.2, 0.25) is 0 Å². The Morgan fingerprint density at radius 3 is 2.86 bits per heavy atom. The van der Waals surface area contributed by atoms with Crippen LogP contribution in [0.5, 0.6) is 11.5 Å².